The Morgan fingerprint density at radius 2 is 1.85 bits per heavy atom. The lowest BCUT2D eigenvalue weighted by molar-refractivity contribution is 0.214. The van der Waals surface area contributed by atoms with Crippen molar-refractivity contribution in [3.8, 4) is 11.6 Å². The molecule has 0 aliphatic carbocycles. The molecule has 0 bridgehead atoms. The summed E-state index contributed by atoms with van der Waals surface area (Å²) in [5.41, 5.74) is 3.07. The fourth-order valence-electron chi connectivity index (χ4n) is 5.02. The van der Waals surface area contributed by atoms with Crippen LogP contribution in [0.25, 0.3) is 10.9 Å². The second-order valence-corrected chi connectivity index (χ2v) is 8.59. The molecule has 1 aliphatic rings. The molecule has 176 valence electrons. The Bertz CT molecular complexity index is 1450. The molecule has 0 fully saturated rings. The first-order valence-corrected chi connectivity index (χ1v) is 11.5. The van der Waals surface area contributed by atoms with Gasteiger partial charge in [-0.25, -0.2) is 4.79 Å². The number of ether oxygens (including phenoxy) is 1. The summed E-state index contributed by atoms with van der Waals surface area (Å²) in [6.45, 7) is 3.72. The molecule has 4 aromatic rings. The largest absolute Gasteiger partial charge is 0.497 e. The van der Waals surface area contributed by atoms with Gasteiger partial charge in [-0.1, -0.05) is 37.3 Å². The summed E-state index contributed by atoms with van der Waals surface area (Å²) in [7, 11) is 1.61. The maximum absolute atomic E-state index is 13.1. The number of fused-ring (bicyclic) bond motifs is 3. The lowest BCUT2D eigenvalue weighted by Crippen LogP contribution is -2.41. The number of likely N-dealkylation sites (N-methyl/N-ethyl adjacent to an activating group) is 1. The zero-order valence-electron chi connectivity index (χ0n) is 19.3. The van der Waals surface area contributed by atoms with Gasteiger partial charge in [-0.15, -0.1) is 0 Å². The van der Waals surface area contributed by atoms with Gasteiger partial charge in [0.2, 0.25) is 5.88 Å². The number of para-hydroxylation sites is 1. The standard InChI is InChI=1S/C26H28N4O4/c1-3-29-14-13-19-18-6-4-5-7-20(18)27-22(19)23(29)21-24(31)28-26(33)30(25(21)32)15-12-16-8-10-17(34-2)11-9-16/h4-11,23,27,32H,3,12-15H2,1-2H3,(H,28,31,33). The minimum Gasteiger partial charge on any atom is -0.497 e. The Hall–Kier alpha value is -3.78. The van der Waals surface area contributed by atoms with E-state index in [1.165, 1.54) is 4.57 Å². The highest BCUT2D eigenvalue weighted by Gasteiger charge is 2.35. The van der Waals surface area contributed by atoms with Crippen molar-refractivity contribution in [2.24, 2.45) is 0 Å². The Balaban J connectivity index is 1.58. The van der Waals surface area contributed by atoms with E-state index < -0.39 is 17.3 Å². The number of aromatic nitrogens is 3. The number of nitrogens with one attached hydrogen (secondary N) is 2. The highest BCUT2D eigenvalue weighted by molar-refractivity contribution is 5.85. The van der Waals surface area contributed by atoms with Crippen LogP contribution in [0, 0.1) is 0 Å². The van der Waals surface area contributed by atoms with Crippen LogP contribution in [0.15, 0.2) is 58.1 Å². The molecule has 0 spiro atoms. The summed E-state index contributed by atoms with van der Waals surface area (Å²) in [6, 6.07) is 15.1. The van der Waals surface area contributed by atoms with Crippen LogP contribution >= 0.6 is 0 Å². The smallest absolute Gasteiger partial charge is 0.331 e. The predicted octanol–water partition coefficient (Wildman–Crippen LogP) is 2.94. The quantitative estimate of drug-likeness (QED) is 0.411. The van der Waals surface area contributed by atoms with E-state index in [2.05, 4.69) is 20.9 Å². The van der Waals surface area contributed by atoms with Gasteiger partial charge in [0, 0.05) is 29.7 Å². The maximum Gasteiger partial charge on any atom is 0.331 e. The topological polar surface area (TPSA) is 103 Å². The summed E-state index contributed by atoms with van der Waals surface area (Å²) in [4.78, 5) is 33.8. The van der Waals surface area contributed by atoms with E-state index in [0.717, 1.165) is 46.4 Å². The van der Waals surface area contributed by atoms with Gasteiger partial charge in [0.15, 0.2) is 0 Å². The van der Waals surface area contributed by atoms with Gasteiger partial charge in [-0.2, -0.15) is 0 Å². The molecule has 34 heavy (non-hydrogen) atoms. The van der Waals surface area contributed by atoms with Crippen molar-refractivity contribution in [2.75, 3.05) is 20.2 Å². The fraction of sp³-hybridized carbons (Fsp3) is 0.308. The average Bonchev–Trinajstić information content (AvgIpc) is 3.23. The number of H-pyrrole nitrogens is 2. The maximum atomic E-state index is 13.1. The first-order valence-electron chi connectivity index (χ1n) is 11.5. The predicted molar refractivity (Wildman–Crippen MR) is 131 cm³/mol. The number of methoxy groups -OCH3 is 1. The highest BCUT2D eigenvalue weighted by atomic mass is 16.5. The number of benzene rings is 2. The summed E-state index contributed by atoms with van der Waals surface area (Å²) in [6.07, 6.45) is 1.36. The van der Waals surface area contributed by atoms with Crippen molar-refractivity contribution in [3.63, 3.8) is 0 Å². The first kappa shape index (κ1) is 22.0. The molecule has 3 N–H and O–H groups in total. The summed E-state index contributed by atoms with van der Waals surface area (Å²) < 4.78 is 6.45. The van der Waals surface area contributed by atoms with E-state index in [-0.39, 0.29) is 18.0 Å². The third-order valence-corrected chi connectivity index (χ3v) is 6.80. The normalized spacial score (nSPS) is 16.0. The van der Waals surface area contributed by atoms with E-state index >= 15 is 0 Å². The van der Waals surface area contributed by atoms with Crippen LogP contribution in [-0.4, -0.2) is 44.7 Å². The minimum atomic E-state index is -0.615. The lowest BCUT2D eigenvalue weighted by atomic mass is 9.93. The number of hydrogen-bond donors (Lipinski definition) is 3. The number of hydrogen-bond acceptors (Lipinski definition) is 5. The van der Waals surface area contributed by atoms with Gasteiger partial charge in [0.25, 0.3) is 5.56 Å². The Morgan fingerprint density at radius 1 is 1.09 bits per heavy atom. The lowest BCUT2D eigenvalue weighted by Gasteiger charge is -2.35. The third-order valence-electron chi connectivity index (χ3n) is 6.80. The monoisotopic (exact) mass is 460 g/mol. The second-order valence-electron chi connectivity index (χ2n) is 8.59. The van der Waals surface area contributed by atoms with Gasteiger partial charge in [-0.3, -0.25) is 19.2 Å². The Labute approximate surface area is 196 Å². The van der Waals surface area contributed by atoms with Crippen LogP contribution in [-0.2, 0) is 19.4 Å². The van der Waals surface area contributed by atoms with Gasteiger partial charge >= 0.3 is 5.69 Å². The van der Waals surface area contributed by atoms with Crippen LogP contribution < -0.4 is 16.0 Å². The molecule has 8 heteroatoms. The van der Waals surface area contributed by atoms with Crippen LogP contribution in [0.3, 0.4) is 0 Å². The molecule has 0 saturated carbocycles. The number of rotatable bonds is 6. The van der Waals surface area contributed by atoms with Crippen molar-refractivity contribution < 1.29 is 9.84 Å². The van der Waals surface area contributed by atoms with Gasteiger partial charge in [0.05, 0.1) is 13.2 Å². The second kappa shape index (κ2) is 8.87. The molecule has 1 aliphatic heterocycles. The molecule has 8 nitrogen and oxygen atoms in total. The van der Waals surface area contributed by atoms with Gasteiger partial charge in [0.1, 0.15) is 11.3 Å². The van der Waals surface area contributed by atoms with Crippen molar-refractivity contribution in [1.82, 2.24) is 19.4 Å². The van der Waals surface area contributed by atoms with Crippen molar-refractivity contribution in [3.05, 3.63) is 91.8 Å². The third kappa shape index (κ3) is 3.70. The van der Waals surface area contributed by atoms with Crippen molar-refractivity contribution in [1.29, 1.82) is 0 Å². The molecule has 1 unspecified atom stereocenters. The molecule has 1 atom stereocenters. The zero-order valence-corrected chi connectivity index (χ0v) is 19.3. The summed E-state index contributed by atoms with van der Waals surface area (Å²) >= 11 is 0. The molecule has 0 radical (unpaired) electrons. The van der Waals surface area contributed by atoms with Crippen molar-refractivity contribution >= 4 is 10.9 Å². The van der Waals surface area contributed by atoms with E-state index in [1.54, 1.807) is 7.11 Å². The molecular formula is C26H28N4O4. The van der Waals surface area contributed by atoms with Crippen LogP contribution in [0.1, 0.15) is 35.3 Å². The Morgan fingerprint density at radius 3 is 2.59 bits per heavy atom. The van der Waals surface area contributed by atoms with Crippen LogP contribution in [0.5, 0.6) is 11.6 Å². The molecule has 0 saturated heterocycles. The van der Waals surface area contributed by atoms with E-state index in [1.807, 2.05) is 49.4 Å². The summed E-state index contributed by atoms with van der Waals surface area (Å²) in [5.74, 6) is 0.471. The average molecular weight is 461 g/mol. The van der Waals surface area contributed by atoms with E-state index in [9.17, 15) is 14.7 Å². The SMILES string of the molecule is CCN1CCc2c([nH]c3ccccc23)C1c1c(O)n(CCc2ccc(OC)cc2)c(=O)[nH]c1=O. The molecule has 5 rings (SSSR count). The zero-order chi connectivity index (χ0) is 23.8. The number of nitrogens with zero attached hydrogens (tertiary/aromatic N) is 2. The molecule has 3 heterocycles. The Kier molecular flexibility index (Phi) is 5.75. The van der Waals surface area contributed by atoms with Crippen LogP contribution in [0.4, 0.5) is 0 Å². The van der Waals surface area contributed by atoms with E-state index in [4.69, 9.17) is 4.74 Å². The molecule has 0 amide bonds. The number of aromatic hydroxyl groups is 1. The number of aryl methyl sites for hydroxylation is 1. The van der Waals surface area contributed by atoms with Crippen molar-refractivity contribution in [2.45, 2.75) is 32.4 Å². The molecule has 2 aromatic carbocycles. The van der Waals surface area contributed by atoms with Crippen LogP contribution in [0.2, 0.25) is 0 Å². The number of aromatic amines is 2. The van der Waals surface area contributed by atoms with Gasteiger partial charge < -0.3 is 14.8 Å². The fourth-order valence-corrected chi connectivity index (χ4v) is 5.02. The summed E-state index contributed by atoms with van der Waals surface area (Å²) in [5, 5.41) is 12.4. The molecular weight excluding hydrogens is 432 g/mol. The van der Waals surface area contributed by atoms with Gasteiger partial charge in [-0.05, 0) is 48.7 Å². The first-order chi connectivity index (χ1) is 16.5. The highest BCUT2D eigenvalue weighted by Crippen LogP contribution is 2.39. The van der Waals surface area contributed by atoms with E-state index in [0.29, 0.717) is 13.0 Å². The molecule has 2 aromatic heterocycles. The minimum absolute atomic E-state index is 0.198.